The molecule has 0 aliphatic rings. The van der Waals surface area contributed by atoms with E-state index in [0.29, 0.717) is 28.7 Å². The Morgan fingerprint density at radius 1 is 0.375 bits per heavy atom. The van der Waals surface area contributed by atoms with Crippen LogP contribution in [0.4, 0.5) is 9.59 Å². The van der Waals surface area contributed by atoms with Crippen LogP contribution in [0.1, 0.15) is 79.8 Å². The van der Waals surface area contributed by atoms with Gasteiger partial charge in [0, 0.05) is 12.3 Å². The molecule has 0 atom stereocenters. The fourth-order valence-corrected chi connectivity index (χ4v) is 36.4. The van der Waals surface area contributed by atoms with Gasteiger partial charge in [0.1, 0.15) is 34.5 Å². The maximum atomic E-state index is 12.9. The fraction of sp³-hybridized carbons (Fsp3) is 0.443. The average molecular weight is 1300 g/mol. The Bertz CT molecular complexity index is 3170. The van der Waals surface area contributed by atoms with Crippen molar-refractivity contribution in [2.45, 2.75) is 193 Å². The molecule has 6 aromatic carbocycles. The Balaban J connectivity index is 0.000000326. The molecule has 0 unspecified atom stereocenters. The van der Waals surface area contributed by atoms with E-state index in [1.165, 1.54) is 12.5 Å². The molecule has 0 radical (unpaired) electrons. The minimum Gasteiger partial charge on any atom is -0.496 e. The molecule has 0 spiro atoms. The molecule has 0 heterocycles. The first kappa shape index (κ1) is 73.1. The maximum absolute atomic E-state index is 12.9. The topological polar surface area (TPSA) is 134 Å². The first-order valence-electron chi connectivity index (χ1n) is 31.3. The molecule has 18 heteroatoms. The lowest BCUT2D eigenvalue weighted by Gasteiger charge is -2.34. The van der Waals surface area contributed by atoms with E-state index in [9.17, 15) is 14.4 Å². The van der Waals surface area contributed by atoms with Gasteiger partial charge in [-0.15, -0.1) is 0 Å². The summed E-state index contributed by atoms with van der Waals surface area (Å²) in [6.07, 6.45) is 6.18. The summed E-state index contributed by atoms with van der Waals surface area (Å²) < 4.78 is 53.0. The summed E-state index contributed by atoms with van der Waals surface area (Å²) >= 11 is 0. The second-order valence-electron chi connectivity index (χ2n) is 27.8. The SMILES string of the molecule is CC(=O)Oc1ccc(C(C)(C)c2ccc(OC(=O)Oc3ccccc3CCC[Si](C)(C)O[Si](C)(C)C)cc2)cc1.COc1ccccc1CCC[Si](C)(C)O[Si](C)(C)CCCc1ccccc1OC(=O)Oc1cccc(CCC[Si](C)(C)O[Si](C)(C)C)c1. The van der Waals surface area contributed by atoms with Gasteiger partial charge in [-0.1, -0.05) is 105 Å². The zero-order valence-electron chi connectivity index (χ0n) is 56.2. The van der Waals surface area contributed by atoms with Gasteiger partial charge in [0.2, 0.25) is 0 Å². The molecule has 6 rings (SSSR count). The van der Waals surface area contributed by atoms with E-state index in [0.717, 1.165) is 109 Å². The van der Waals surface area contributed by atoms with E-state index < -0.39 is 62.2 Å². The van der Waals surface area contributed by atoms with Gasteiger partial charge in [0.05, 0.1) is 7.11 Å². The van der Waals surface area contributed by atoms with Crippen LogP contribution in [0.25, 0.3) is 0 Å². The van der Waals surface area contributed by atoms with Gasteiger partial charge in [-0.25, -0.2) is 9.59 Å². The van der Waals surface area contributed by atoms with Gasteiger partial charge in [-0.3, -0.25) is 4.79 Å². The number of benzene rings is 6. The molecule has 0 saturated heterocycles. The molecule has 478 valence electrons. The Morgan fingerprint density at radius 3 is 1.12 bits per heavy atom. The number of ether oxygens (including phenoxy) is 6. The molecule has 0 aromatic heterocycles. The van der Waals surface area contributed by atoms with Gasteiger partial charge in [0.15, 0.2) is 49.9 Å². The highest BCUT2D eigenvalue weighted by atomic mass is 28.4. The predicted molar refractivity (Wildman–Crippen MR) is 374 cm³/mol. The first-order valence-corrected chi connectivity index (χ1v) is 50.5. The number of rotatable bonds is 30. The van der Waals surface area contributed by atoms with Crippen molar-refractivity contribution in [1.82, 2.24) is 0 Å². The fourth-order valence-electron chi connectivity index (χ4n) is 11.4. The molecule has 0 N–H and O–H groups in total. The molecule has 12 nitrogen and oxygen atoms in total. The summed E-state index contributed by atoms with van der Waals surface area (Å²) in [5, 5.41) is 0. The smallest absolute Gasteiger partial charge is 0.496 e. The summed E-state index contributed by atoms with van der Waals surface area (Å²) in [5.74, 6) is 3.12. The number of carbonyl (C=O) groups is 3. The number of esters is 1. The summed E-state index contributed by atoms with van der Waals surface area (Å²) in [5.41, 5.74) is 6.19. The predicted octanol–water partition coefficient (Wildman–Crippen LogP) is 19.8. The summed E-state index contributed by atoms with van der Waals surface area (Å²) in [4.78, 5) is 36.7. The third-order valence-electron chi connectivity index (χ3n) is 14.9. The van der Waals surface area contributed by atoms with Crippen LogP contribution >= 0.6 is 0 Å². The van der Waals surface area contributed by atoms with Crippen molar-refractivity contribution in [2.24, 2.45) is 0 Å². The normalized spacial score (nSPS) is 12.3. The number of aryl methyl sites for hydroxylation is 4. The average Bonchev–Trinajstić information content (AvgIpc) is 1.20. The summed E-state index contributed by atoms with van der Waals surface area (Å²) in [6, 6.07) is 50.6. The highest BCUT2D eigenvalue weighted by molar-refractivity contribution is 6.85. The van der Waals surface area contributed by atoms with Crippen molar-refractivity contribution >= 4 is 68.2 Å². The third-order valence-corrected chi connectivity index (χ3v) is 34.8. The molecule has 0 fully saturated rings. The zero-order valence-corrected chi connectivity index (χ0v) is 62.2. The van der Waals surface area contributed by atoms with E-state index in [1.54, 1.807) is 43.5 Å². The Kier molecular flexibility index (Phi) is 27.3. The number of hydrogen-bond acceptors (Lipinski definition) is 12. The number of para-hydroxylation sites is 3. The van der Waals surface area contributed by atoms with E-state index in [-0.39, 0.29) is 11.4 Å². The molecule has 88 heavy (non-hydrogen) atoms. The van der Waals surface area contributed by atoms with E-state index in [4.69, 9.17) is 40.8 Å². The quantitative estimate of drug-likeness (QED) is 0.0184. The van der Waals surface area contributed by atoms with Gasteiger partial charge in [-0.05, 0) is 255 Å². The van der Waals surface area contributed by atoms with Crippen LogP contribution in [0, 0.1) is 0 Å². The van der Waals surface area contributed by atoms with Crippen molar-refractivity contribution in [3.8, 4) is 34.5 Å². The number of carbonyl (C=O) groups excluding carboxylic acids is 3. The Labute approximate surface area is 534 Å². The second kappa shape index (κ2) is 32.9. The number of methoxy groups -OCH3 is 1. The molecule has 6 aromatic rings. The second-order valence-corrected chi connectivity index (χ2v) is 54.8. The van der Waals surface area contributed by atoms with Crippen LogP contribution in [0.3, 0.4) is 0 Å². The highest BCUT2D eigenvalue weighted by Crippen LogP contribution is 2.35. The minimum absolute atomic E-state index is 0.315. The van der Waals surface area contributed by atoms with Crippen LogP contribution in [0.5, 0.6) is 34.5 Å². The van der Waals surface area contributed by atoms with Crippen molar-refractivity contribution in [2.75, 3.05) is 7.11 Å². The highest BCUT2D eigenvalue weighted by Gasteiger charge is 2.34. The molecular weight excluding hydrogens is 1200 g/mol. The van der Waals surface area contributed by atoms with Crippen molar-refractivity contribution in [3.63, 3.8) is 0 Å². The largest absolute Gasteiger partial charge is 0.519 e. The van der Waals surface area contributed by atoms with Crippen molar-refractivity contribution < 1.29 is 55.2 Å². The molecule has 0 bridgehead atoms. The van der Waals surface area contributed by atoms with Crippen molar-refractivity contribution in [3.05, 3.63) is 179 Å². The molecular formula is C70H102O12Si6. The maximum Gasteiger partial charge on any atom is 0.519 e. The molecule has 0 amide bonds. The van der Waals surface area contributed by atoms with E-state index in [2.05, 4.69) is 124 Å². The lowest BCUT2D eigenvalue weighted by Crippen LogP contribution is -2.44. The van der Waals surface area contributed by atoms with Gasteiger partial charge < -0.3 is 40.8 Å². The minimum atomic E-state index is -1.88. The van der Waals surface area contributed by atoms with Crippen molar-refractivity contribution in [1.29, 1.82) is 0 Å². The Hall–Kier alpha value is -5.69. The molecule has 0 saturated carbocycles. The summed E-state index contributed by atoms with van der Waals surface area (Å²) in [7, 11) is -8.48. The van der Waals surface area contributed by atoms with Crippen LogP contribution < -0.4 is 28.4 Å². The van der Waals surface area contributed by atoms with Crippen LogP contribution in [-0.4, -0.2) is 75.3 Å². The monoisotopic (exact) mass is 1300 g/mol. The summed E-state index contributed by atoms with van der Waals surface area (Å²) in [6.45, 7) is 37.6. The third kappa shape index (κ3) is 26.8. The zero-order chi connectivity index (χ0) is 65.0. The molecule has 0 aliphatic carbocycles. The van der Waals surface area contributed by atoms with E-state index in [1.807, 2.05) is 91.0 Å². The van der Waals surface area contributed by atoms with E-state index >= 15 is 0 Å². The number of hydrogen-bond donors (Lipinski definition) is 0. The molecule has 0 aliphatic heterocycles. The van der Waals surface area contributed by atoms with Gasteiger partial charge >= 0.3 is 18.3 Å². The van der Waals surface area contributed by atoms with Crippen LogP contribution in [-0.2, 0) is 48.2 Å². The van der Waals surface area contributed by atoms with Gasteiger partial charge in [-0.2, -0.15) is 0 Å². The standard InChI is InChI=1S/C38H60O6Si4.C32H42O6Si2/c1-40-36-26-13-11-21-33(36)23-17-29-47(7,8)44-48(9,10)30-18-24-34-22-12-14-27-37(34)42-38(39)41-35-25-15-19-32(31-35)20-16-28-46(5,6)43-45(2,3)4;1-24(33)35-28-19-15-26(16-20-28)32(2,3)27-17-21-29(22-18-27)36-31(34)37-30-14-10-9-12-25(30)13-11-23-40(7,8)38-39(4,5)6/h11-15,19,21-22,25-27,31H,16-18,20,23-24,28-30H2,1-10H3;9-10,12,14-22H,11,13,23H2,1-8H3. The lowest BCUT2D eigenvalue weighted by molar-refractivity contribution is -0.131. The Morgan fingerprint density at radius 2 is 0.727 bits per heavy atom. The van der Waals surface area contributed by atoms with Gasteiger partial charge in [0.25, 0.3) is 0 Å². The lowest BCUT2D eigenvalue weighted by atomic mass is 9.78. The van der Waals surface area contributed by atoms with Crippen LogP contribution in [0.2, 0.25) is 116 Å². The first-order chi connectivity index (χ1) is 41.1. The van der Waals surface area contributed by atoms with Crippen LogP contribution in [0.15, 0.2) is 146 Å².